The molecule has 0 aliphatic heterocycles. The van der Waals surface area contributed by atoms with E-state index in [2.05, 4.69) is 15.3 Å². The summed E-state index contributed by atoms with van der Waals surface area (Å²) in [6.45, 7) is -0.107. The zero-order valence-electron chi connectivity index (χ0n) is 18.2. The van der Waals surface area contributed by atoms with E-state index in [0.29, 0.717) is 16.5 Å². The van der Waals surface area contributed by atoms with Crippen molar-refractivity contribution in [2.24, 2.45) is 0 Å². The molecule has 0 saturated carbocycles. The minimum atomic E-state index is -1.08. The van der Waals surface area contributed by atoms with E-state index in [1.165, 1.54) is 17.9 Å². The molecule has 0 saturated heterocycles. The number of carbonyl (C=O) groups is 1. The lowest BCUT2D eigenvalue weighted by atomic mass is 10.2. The van der Waals surface area contributed by atoms with Crippen molar-refractivity contribution >= 4 is 40.5 Å². The molecule has 180 valence electrons. The number of methoxy groups -OCH3 is 1. The highest BCUT2D eigenvalue weighted by atomic mass is 35.5. The summed E-state index contributed by atoms with van der Waals surface area (Å²) in [5.74, 6) is -0.618. The molecule has 0 aliphatic rings. The van der Waals surface area contributed by atoms with Crippen molar-refractivity contribution in [2.75, 3.05) is 12.4 Å². The molecule has 11 nitrogen and oxygen atoms in total. The third kappa shape index (κ3) is 5.74. The van der Waals surface area contributed by atoms with Crippen LogP contribution in [0.15, 0.2) is 64.3 Å². The highest BCUT2D eigenvalue weighted by Crippen LogP contribution is 2.28. The Labute approximate surface area is 206 Å². The predicted octanol–water partition coefficient (Wildman–Crippen LogP) is 3.40. The molecule has 0 spiro atoms. The van der Waals surface area contributed by atoms with Gasteiger partial charge in [-0.2, -0.15) is 4.98 Å². The number of aromatic carboxylic acids is 1. The predicted molar refractivity (Wildman–Crippen MR) is 129 cm³/mol. The standard InChI is InChI=1S/C22H18ClN5O6S/c1-33-12-28-20(31)26-19(27(22(28)32)11-13-2-4-14(23)5-3-13)25-15-6-8-16(9-7-15)34-21-24-10-17(35-21)18(29)30/h2-10H,11-12H2,1H3,(H,29,30)(H,25,26,31). The van der Waals surface area contributed by atoms with Gasteiger partial charge < -0.3 is 19.9 Å². The number of aromatic nitrogens is 4. The highest BCUT2D eigenvalue weighted by Gasteiger charge is 2.15. The molecule has 13 heteroatoms. The van der Waals surface area contributed by atoms with E-state index >= 15 is 0 Å². The van der Waals surface area contributed by atoms with Gasteiger partial charge in [-0.15, -0.1) is 0 Å². The number of hydrogen-bond donors (Lipinski definition) is 2. The van der Waals surface area contributed by atoms with Crippen molar-refractivity contribution in [3.05, 3.63) is 91.2 Å². The van der Waals surface area contributed by atoms with E-state index in [9.17, 15) is 14.4 Å². The number of nitrogens with zero attached hydrogens (tertiary/aromatic N) is 4. The number of benzene rings is 2. The summed E-state index contributed by atoms with van der Waals surface area (Å²) in [7, 11) is 1.37. The molecule has 0 bridgehead atoms. The number of ether oxygens (including phenoxy) is 2. The fourth-order valence-corrected chi connectivity index (χ4v) is 3.77. The zero-order chi connectivity index (χ0) is 24.9. The highest BCUT2D eigenvalue weighted by molar-refractivity contribution is 7.15. The molecule has 2 N–H and O–H groups in total. The number of thiazole rings is 1. The van der Waals surface area contributed by atoms with E-state index in [-0.39, 0.29) is 29.3 Å². The summed E-state index contributed by atoms with van der Waals surface area (Å²) >= 11 is 6.86. The van der Waals surface area contributed by atoms with Gasteiger partial charge in [0.25, 0.3) is 5.19 Å². The van der Waals surface area contributed by atoms with Crippen molar-refractivity contribution in [1.29, 1.82) is 0 Å². The first-order valence-corrected chi connectivity index (χ1v) is 11.2. The Morgan fingerprint density at radius 2 is 1.83 bits per heavy atom. The van der Waals surface area contributed by atoms with Crippen LogP contribution in [0, 0.1) is 0 Å². The summed E-state index contributed by atoms with van der Waals surface area (Å²) in [6.07, 6.45) is 1.22. The van der Waals surface area contributed by atoms with Crippen LogP contribution in [0.3, 0.4) is 0 Å². The van der Waals surface area contributed by atoms with E-state index in [1.54, 1.807) is 48.5 Å². The maximum absolute atomic E-state index is 13.0. The molecule has 4 rings (SSSR count). The first-order chi connectivity index (χ1) is 16.8. The average Bonchev–Trinajstić information content (AvgIpc) is 3.31. The van der Waals surface area contributed by atoms with E-state index in [4.69, 9.17) is 26.2 Å². The van der Waals surface area contributed by atoms with Crippen molar-refractivity contribution in [3.63, 3.8) is 0 Å². The fraction of sp³-hybridized carbons (Fsp3) is 0.136. The molecule has 0 unspecified atom stereocenters. The van der Waals surface area contributed by atoms with Crippen LogP contribution in [0.4, 0.5) is 11.6 Å². The molecule has 0 amide bonds. The Bertz CT molecular complexity index is 1460. The maximum Gasteiger partial charge on any atom is 0.356 e. The third-order valence-electron chi connectivity index (χ3n) is 4.67. The Morgan fingerprint density at radius 1 is 1.11 bits per heavy atom. The van der Waals surface area contributed by atoms with Crippen molar-refractivity contribution in [1.82, 2.24) is 19.1 Å². The minimum Gasteiger partial charge on any atom is -0.477 e. The number of anilines is 2. The molecule has 2 heterocycles. The molecule has 0 atom stereocenters. The number of rotatable bonds is 9. The van der Waals surface area contributed by atoms with Gasteiger partial charge in [-0.1, -0.05) is 35.1 Å². The van der Waals surface area contributed by atoms with Gasteiger partial charge in [-0.05, 0) is 42.0 Å². The maximum atomic E-state index is 13.0. The van der Waals surface area contributed by atoms with Gasteiger partial charge in [0.1, 0.15) is 17.4 Å². The Balaban J connectivity index is 1.60. The Hall–Kier alpha value is -4.00. The molecular formula is C22H18ClN5O6S. The van der Waals surface area contributed by atoms with Gasteiger partial charge in [-0.25, -0.2) is 23.9 Å². The topological polar surface area (TPSA) is 138 Å². The first-order valence-electron chi connectivity index (χ1n) is 10.0. The van der Waals surface area contributed by atoms with Gasteiger partial charge >= 0.3 is 17.3 Å². The van der Waals surface area contributed by atoms with Crippen LogP contribution in [0.5, 0.6) is 10.9 Å². The van der Waals surface area contributed by atoms with Crippen LogP contribution >= 0.6 is 22.9 Å². The van der Waals surface area contributed by atoms with Crippen LogP contribution < -0.4 is 21.4 Å². The van der Waals surface area contributed by atoms with Crippen LogP contribution in [-0.4, -0.2) is 37.3 Å². The number of carboxylic acid groups (broad SMARTS) is 1. The second-order valence-corrected chi connectivity index (χ2v) is 8.54. The van der Waals surface area contributed by atoms with Gasteiger partial charge in [0.05, 0.1) is 12.7 Å². The lowest BCUT2D eigenvalue weighted by Gasteiger charge is -2.15. The molecule has 0 fully saturated rings. The Morgan fingerprint density at radius 3 is 2.46 bits per heavy atom. The SMILES string of the molecule is COCn1c(=O)nc(Nc2ccc(Oc3ncc(C(=O)O)s3)cc2)n(Cc2ccc(Cl)cc2)c1=O. The lowest BCUT2D eigenvalue weighted by Crippen LogP contribution is -2.43. The molecule has 35 heavy (non-hydrogen) atoms. The number of carboxylic acids is 1. The molecule has 4 aromatic rings. The second-order valence-electron chi connectivity index (χ2n) is 7.11. The smallest absolute Gasteiger partial charge is 0.356 e. The van der Waals surface area contributed by atoms with E-state index in [1.807, 2.05) is 0 Å². The molecule has 2 aromatic carbocycles. The third-order valence-corrected chi connectivity index (χ3v) is 5.79. The quantitative estimate of drug-likeness (QED) is 0.343. The second kappa shape index (κ2) is 10.5. The summed E-state index contributed by atoms with van der Waals surface area (Å²) < 4.78 is 12.7. The number of halogens is 1. The summed E-state index contributed by atoms with van der Waals surface area (Å²) in [4.78, 5) is 44.5. The zero-order valence-corrected chi connectivity index (χ0v) is 19.7. The van der Waals surface area contributed by atoms with Crippen LogP contribution in [0.2, 0.25) is 5.02 Å². The number of hydrogen-bond acceptors (Lipinski definition) is 9. The number of nitrogens with one attached hydrogen (secondary N) is 1. The monoisotopic (exact) mass is 515 g/mol. The van der Waals surface area contributed by atoms with Crippen LogP contribution in [0.1, 0.15) is 15.2 Å². The minimum absolute atomic E-state index is 0.0435. The summed E-state index contributed by atoms with van der Waals surface area (Å²) in [5, 5.41) is 12.7. The molecule has 2 aromatic heterocycles. The molecule has 0 aliphatic carbocycles. The largest absolute Gasteiger partial charge is 0.477 e. The summed E-state index contributed by atoms with van der Waals surface area (Å²) in [5.41, 5.74) is -0.0489. The van der Waals surface area contributed by atoms with Crippen LogP contribution in [-0.2, 0) is 18.0 Å². The summed E-state index contributed by atoms with van der Waals surface area (Å²) in [6, 6.07) is 13.5. The van der Waals surface area contributed by atoms with E-state index in [0.717, 1.165) is 21.5 Å². The fourth-order valence-electron chi connectivity index (χ4n) is 3.02. The Kier molecular flexibility index (Phi) is 7.25. The van der Waals surface area contributed by atoms with Crippen LogP contribution in [0.25, 0.3) is 0 Å². The van der Waals surface area contributed by atoms with Gasteiger partial charge in [0.2, 0.25) is 5.95 Å². The van der Waals surface area contributed by atoms with Gasteiger partial charge in [0, 0.05) is 17.8 Å². The van der Waals surface area contributed by atoms with Crippen molar-refractivity contribution in [3.8, 4) is 10.9 Å². The van der Waals surface area contributed by atoms with E-state index < -0.39 is 17.3 Å². The van der Waals surface area contributed by atoms with Gasteiger partial charge in [-0.3, -0.25) is 4.57 Å². The molecule has 0 radical (unpaired) electrons. The van der Waals surface area contributed by atoms with Gasteiger partial charge in [0.15, 0.2) is 0 Å². The van der Waals surface area contributed by atoms with Crippen molar-refractivity contribution in [2.45, 2.75) is 13.3 Å². The van der Waals surface area contributed by atoms with Crippen molar-refractivity contribution < 1.29 is 19.4 Å². The lowest BCUT2D eigenvalue weighted by molar-refractivity contribution is 0.0702. The normalized spacial score (nSPS) is 10.8. The molecular weight excluding hydrogens is 498 g/mol. The average molecular weight is 516 g/mol. The first kappa shape index (κ1) is 24.1.